The minimum Gasteiger partial charge on any atom is -0.411 e. The number of nitrogens with one attached hydrogen (secondary N) is 1. The lowest BCUT2D eigenvalue weighted by molar-refractivity contribution is -0.118. The number of carbonyl (C=O) groups excluding carboxylic acids is 1. The van der Waals surface area contributed by atoms with E-state index in [2.05, 4.69) is 27.6 Å². The number of carbonyl (C=O) groups is 1. The van der Waals surface area contributed by atoms with Crippen LogP contribution in [0.4, 0.5) is 0 Å². The van der Waals surface area contributed by atoms with Crippen molar-refractivity contribution in [3.05, 3.63) is 60.2 Å². The summed E-state index contributed by atoms with van der Waals surface area (Å²) in [5, 5.41) is 11.4. The highest BCUT2D eigenvalue weighted by molar-refractivity contribution is 7.99. The molecule has 0 fully saturated rings. The van der Waals surface area contributed by atoms with Crippen LogP contribution in [0.1, 0.15) is 12.0 Å². The molecule has 3 aromatic rings. The van der Waals surface area contributed by atoms with Gasteiger partial charge in [0.25, 0.3) is 5.22 Å². The minimum absolute atomic E-state index is 0.0280. The van der Waals surface area contributed by atoms with Crippen molar-refractivity contribution >= 4 is 29.4 Å². The van der Waals surface area contributed by atoms with Crippen LogP contribution in [0.3, 0.4) is 0 Å². The molecule has 1 aromatic heterocycles. The molecule has 27 heavy (non-hydrogen) atoms. The van der Waals surface area contributed by atoms with E-state index in [0.29, 0.717) is 17.7 Å². The summed E-state index contributed by atoms with van der Waals surface area (Å²) in [5.74, 6) is 1.68. The van der Waals surface area contributed by atoms with Crippen LogP contribution in [-0.4, -0.2) is 34.2 Å². The molecule has 1 heterocycles. The zero-order valence-corrected chi connectivity index (χ0v) is 16.7. The van der Waals surface area contributed by atoms with Gasteiger partial charge in [-0.25, -0.2) is 0 Å². The van der Waals surface area contributed by atoms with E-state index < -0.39 is 0 Å². The third-order valence-electron chi connectivity index (χ3n) is 3.69. The molecule has 2 aromatic carbocycles. The molecule has 0 saturated carbocycles. The van der Waals surface area contributed by atoms with E-state index in [1.165, 1.54) is 22.2 Å². The SMILES string of the molecule is Cc1ccc(-c2nnc(SCC(=O)NCCCSc3ccccc3)o2)cc1. The summed E-state index contributed by atoms with van der Waals surface area (Å²) in [6.07, 6.45) is 0.925. The van der Waals surface area contributed by atoms with E-state index in [9.17, 15) is 4.79 Å². The van der Waals surface area contributed by atoms with E-state index in [0.717, 1.165) is 17.7 Å². The maximum absolute atomic E-state index is 11.9. The number of amides is 1. The predicted octanol–water partition coefficient (Wildman–Crippen LogP) is 4.44. The molecule has 0 radical (unpaired) electrons. The minimum atomic E-state index is -0.0280. The van der Waals surface area contributed by atoms with Crippen molar-refractivity contribution in [2.24, 2.45) is 0 Å². The van der Waals surface area contributed by atoms with Crippen LogP contribution < -0.4 is 5.32 Å². The van der Waals surface area contributed by atoms with Crippen molar-refractivity contribution in [2.45, 2.75) is 23.5 Å². The van der Waals surface area contributed by atoms with Gasteiger partial charge in [-0.3, -0.25) is 4.79 Å². The molecule has 0 aliphatic heterocycles. The summed E-state index contributed by atoms with van der Waals surface area (Å²) < 4.78 is 5.61. The third kappa shape index (κ3) is 6.45. The van der Waals surface area contributed by atoms with E-state index in [-0.39, 0.29) is 11.7 Å². The molecule has 0 spiro atoms. The van der Waals surface area contributed by atoms with Crippen molar-refractivity contribution in [1.82, 2.24) is 15.5 Å². The quantitative estimate of drug-likeness (QED) is 0.424. The molecule has 140 valence electrons. The summed E-state index contributed by atoms with van der Waals surface area (Å²) in [4.78, 5) is 13.2. The molecule has 0 aliphatic rings. The Kier molecular flexibility index (Phi) is 7.36. The molecule has 0 aliphatic carbocycles. The van der Waals surface area contributed by atoms with Crippen molar-refractivity contribution < 1.29 is 9.21 Å². The fraction of sp³-hybridized carbons (Fsp3) is 0.250. The van der Waals surface area contributed by atoms with Gasteiger partial charge in [-0.2, -0.15) is 0 Å². The van der Waals surface area contributed by atoms with Crippen LogP contribution >= 0.6 is 23.5 Å². The van der Waals surface area contributed by atoms with E-state index in [4.69, 9.17) is 4.42 Å². The van der Waals surface area contributed by atoms with E-state index in [1.54, 1.807) is 11.8 Å². The molecule has 5 nitrogen and oxygen atoms in total. The summed E-state index contributed by atoms with van der Waals surface area (Å²) >= 11 is 3.04. The fourth-order valence-corrected chi connectivity index (χ4v) is 3.73. The highest BCUT2D eigenvalue weighted by Crippen LogP contribution is 2.23. The first kappa shape index (κ1) is 19.5. The number of nitrogens with zero attached hydrogens (tertiary/aromatic N) is 2. The zero-order chi connectivity index (χ0) is 18.9. The van der Waals surface area contributed by atoms with Crippen molar-refractivity contribution in [2.75, 3.05) is 18.1 Å². The predicted molar refractivity (Wildman–Crippen MR) is 110 cm³/mol. The first-order valence-corrected chi connectivity index (χ1v) is 10.7. The van der Waals surface area contributed by atoms with Crippen LogP contribution in [0, 0.1) is 6.92 Å². The number of benzene rings is 2. The van der Waals surface area contributed by atoms with Crippen LogP contribution in [0.2, 0.25) is 0 Å². The lowest BCUT2D eigenvalue weighted by Gasteiger charge is -2.04. The molecule has 7 heteroatoms. The van der Waals surface area contributed by atoms with E-state index in [1.807, 2.05) is 49.4 Å². The van der Waals surface area contributed by atoms with Crippen LogP contribution in [0.15, 0.2) is 69.1 Å². The Bertz CT molecular complexity index is 851. The summed E-state index contributed by atoms with van der Waals surface area (Å²) in [6, 6.07) is 18.1. The molecule has 3 rings (SSSR count). The van der Waals surface area contributed by atoms with Gasteiger partial charge in [0.1, 0.15) is 0 Å². The molecule has 0 atom stereocenters. The molecule has 0 unspecified atom stereocenters. The van der Waals surface area contributed by atoms with Gasteiger partial charge < -0.3 is 9.73 Å². The average molecular weight is 400 g/mol. The first-order valence-electron chi connectivity index (χ1n) is 8.68. The van der Waals surface area contributed by atoms with Crippen molar-refractivity contribution in [3.63, 3.8) is 0 Å². The summed E-state index contributed by atoms with van der Waals surface area (Å²) in [5.41, 5.74) is 2.05. The third-order valence-corrected chi connectivity index (χ3v) is 5.60. The fourth-order valence-electron chi connectivity index (χ4n) is 2.27. The number of thioether (sulfide) groups is 2. The van der Waals surface area contributed by atoms with Gasteiger partial charge >= 0.3 is 0 Å². The maximum atomic E-state index is 11.9. The molecular formula is C20H21N3O2S2. The smallest absolute Gasteiger partial charge is 0.277 e. The highest BCUT2D eigenvalue weighted by Gasteiger charge is 2.11. The molecular weight excluding hydrogens is 378 g/mol. The standard InChI is InChI=1S/C20H21N3O2S2/c1-15-8-10-16(11-9-15)19-22-23-20(25-19)27-14-18(24)21-12-5-13-26-17-6-3-2-4-7-17/h2-4,6-11H,5,12-14H2,1H3,(H,21,24). The second kappa shape index (κ2) is 10.2. The lowest BCUT2D eigenvalue weighted by atomic mass is 10.1. The first-order chi connectivity index (χ1) is 13.2. The number of hydrogen-bond donors (Lipinski definition) is 1. The Labute approximate surface area is 167 Å². The zero-order valence-electron chi connectivity index (χ0n) is 15.1. The van der Waals surface area contributed by atoms with Crippen LogP contribution in [-0.2, 0) is 4.79 Å². The number of aromatic nitrogens is 2. The van der Waals surface area contributed by atoms with E-state index >= 15 is 0 Å². The Morgan fingerprint density at radius 1 is 1.04 bits per heavy atom. The Morgan fingerprint density at radius 3 is 2.59 bits per heavy atom. The second-order valence-electron chi connectivity index (χ2n) is 5.89. The summed E-state index contributed by atoms with van der Waals surface area (Å²) in [7, 11) is 0. The molecule has 1 N–H and O–H groups in total. The van der Waals surface area contributed by atoms with Crippen LogP contribution in [0.25, 0.3) is 11.5 Å². The topological polar surface area (TPSA) is 68.0 Å². The molecule has 1 amide bonds. The number of aryl methyl sites for hydroxylation is 1. The Hall–Kier alpha value is -2.25. The lowest BCUT2D eigenvalue weighted by Crippen LogP contribution is -2.26. The number of rotatable bonds is 9. The van der Waals surface area contributed by atoms with Gasteiger partial charge in [0, 0.05) is 17.0 Å². The van der Waals surface area contributed by atoms with Gasteiger partial charge in [0.05, 0.1) is 5.75 Å². The van der Waals surface area contributed by atoms with Gasteiger partial charge in [0.15, 0.2) is 0 Å². The van der Waals surface area contributed by atoms with Crippen molar-refractivity contribution in [1.29, 1.82) is 0 Å². The maximum Gasteiger partial charge on any atom is 0.277 e. The monoisotopic (exact) mass is 399 g/mol. The largest absolute Gasteiger partial charge is 0.411 e. The number of hydrogen-bond acceptors (Lipinski definition) is 6. The van der Waals surface area contributed by atoms with Gasteiger partial charge in [-0.05, 0) is 43.4 Å². The second-order valence-corrected chi connectivity index (χ2v) is 7.99. The highest BCUT2D eigenvalue weighted by atomic mass is 32.2. The Balaban J connectivity index is 1.34. The average Bonchev–Trinajstić information content (AvgIpc) is 3.16. The molecule has 0 saturated heterocycles. The van der Waals surface area contributed by atoms with Crippen molar-refractivity contribution in [3.8, 4) is 11.5 Å². The summed E-state index contributed by atoms with van der Waals surface area (Å²) in [6.45, 7) is 2.69. The van der Waals surface area contributed by atoms with Crippen LogP contribution in [0.5, 0.6) is 0 Å². The Morgan fingerprint density at radius 2 is 1.81 bits per heavy atom. The normalized spacial score (nSPS) is 10.7. The van der Waals surface area contributed by atoms with Gasteiger partial charge in [-0.15, -0.1) is 22.0 Å². The van der Waals surface area contributed by atoms with Gasteiger partial charge in [-0.1, -0.05) is 47.7 Å². The molecule has 0 bridgehead atoms. The van der Waals surface area contributed by atoms with Gasteiger partial charge in [0.2, 0.25) is 11.8 Å².